The van der Waals surface area contributed by atoms with Crippen LogP contribution in [0.25, 0.3) is 22.2 Å². The third-order valence-corrected chi connectivity index (χ3v) is 4.62. The van der Waals surface area contributed by atoms with E-state index < -0.39 is 11.7 Å². The molecule has 2 aromatic carbocycles. The van der Waals surface area contributed by atoms with Crippen molar-refractivity contribution in [1.82, 2.24) is 29.9 Å². The van der Waals surface area contributed by atoms with E-state index in [2.05, 4.69) is 40.5 Å². The summed E-state index contributed by atoms with van der Waals surface area (Å²) in [6.07, 6.45) is -2.90. The van der Waals surface area contributed by atoms with Gasteiger partial charge >= 0.3 is 6.18 Å². The second kappa shape index (κ2) is 7.27. The molecule has 0 saturated heterocycles. The molecule has 0 bridgehead atoms. The first-order valence-electron chi connectivity index (χ1n) is 9.28. The van der Waals surface area contributed by atoms with E-state index in [0.29, 0.717) is 29.2 Å². The van der Waals surface area contributed by atoms with Gasteiger partial charge in [-0.2, -0.15) is 23.1 Å². The Labute approximate surface area is 173 Å². The molecule has 0 aliphatic carbocycles. The van der Waals surface area contributed by atoms with Crippen LogP contribution in [0.15, 0.2) is 54.9 Å². The summed E-state index contributed by atoms with van der Waals surface area (Å²) >= 11 is 0. The van der Waals surface area contributed by atoms with Crippen molar-refractivity contribution in [2.24, 2.45) is 0 Å². The number of halogens is 3. The summed E-state index contributed by atoms with van der Waals surface area (Å²) < 4.78 is 38.3. The number of H-pyrrole nitrogens is 2. The average Bonchev–Trinajstić information content (AvgIpc) is 3.38. The fraction of sp³-hybridized carbons (Fsp3) is 0.100. The Balaban J connectivity index is 1.39. The minimum absolute atomic E-state index is 0.200. The van der Waals surface area contributed by atoms with Crippen LogP contribution in [0.5, 0.6) is 0 Å². The topological polar surface area (TPSA) is 107 Å². The second-order valence-electron chi connectivity index (χ2n) is 6.75. The van der Waals surface area contributed by atoms with Gasteiger partial charge in [-0.1, -0.05) is 12.1 Å². The lowest BCUT2D eigenvalue weighted by atomic mass is 10.2. The Morgan fingerprint density at radius 1 is 0.935 bits per heavy atom. The van der Waals surface area contributed by atoms with Crippen LogP contribution in [-0.2, 0) is 12.7 Å². The van der Waals surface area contributed by atoms with Gasteiger partial charge in [0.15, 0.2) is 11.5 Å². The number of aromatic nitrogens is 6. The average molecular weight is 424 g/mol. The van der Waals surface area contributed by atoms with Crippen LogP contribution >= 0.6 is 0 Å². The van der Waals surface area contributed by atoms with E-state index in [4.69, 9.17) is 0 Å². The number of alkyl halides is 3. The van der Waals surface area contributed by atoms with Crippen LogP contribution in [0.1, 0.15) is 11.4 Å². The number of benzene rings is 2. The lowest BCUT2D eigenvalue weighted by Crippen LogP contribution is -2.07. The van der Waals surface area contributed by atoms with Crippen molar-refractivity contribution in [2.75, 3.05) is 10.6 Å². The molecule has 0 amide bonds. The van der Waals surface area contributed by atoms with Gasteiger partial charge in [0.25, 0.3) is 0 Å². The first kappa shape index (κ1) is 18.9. The fourth-order valence-electron chi connectivity index (χ4n) is 3.15. The molecule has 0 fully saturated rings. The number of hydrogen-bond acceptors (Lipinski definition) is 6. The molecule has 0 radical (unpaired) electrons. The van der Waals surface area contributed by atoms with Gasteiger partial charge in [-0.05, 0) is 36.4 Å². The molecule has 5 aromatic rings. The monoisotopic (exact) mass is 424 g/mol. The molecule has 0 atom stereocenters. The van der Waals surface area contributed by atoms with Gasteiger partial charge in [0.2, 0.25) is 5.95 Å². The summed E-state index contributed by atoms with van der Waals surface area (Å²) in [6.45, 7) is 0.375. The number of imidazole rings is 2. The summed E-state index contributed by atoms with van der Waals surface area (Å²) in [5, 5.41) is 6.12. The highest BCUT2D eigenvalue weighted by Gasteiger charge is 2.30. The number of anilines is 3. The standard InChI is InChI=1S/C20H15F3N8/c21-20(22,23)11-5-7-12(8-6-11)27-19-30-17(16-18(31-19)26-10-25-16)24-9-15-28-13-3-1-2-4-14(13)29-15/h1-8,10H,9H2,(H,28,29)(H3,24,25,26,27,30,31). The lowest BCUT2D eigenvalue weighted by Gasteiger charge is -2.10. The van der Waals surface area contributed by atoms with Crippen LogP contribution < -0.4 is 10.6 Å². The van der Waals surface area contributed by atoms with Gasteiger partial charge in [-0.3, -0.25) is 0 Å². The number of para-hydroxylation sites is 2. The normalized spacial score (nSPS) is 11.8. The van der Waals surface area contributed by atoms with Crippen molar-refractivity contribution >= 4 is 39.7 Å². The molecule has 8 nitrogen and oxygen atoms in total. The zero-order valence-electron chi connectivity index (χ0n) is 15.8. The third-order valence-electron chi connectivity index (χ3n) is 4.62. The molecule has 0 unspecified atom stereocenters. The number of aromatic amines is 2. The van der Waals surface area contributed by atoms with Crippen molar-refractivity contribution < 1.29 is 13.2 Å². The molecule has 31 heavy (non-hydrogen) atoms. The molecular formula is C20H15F3N8. The van der Waals surface area contributed by atoms with Crippen molar-refractivity contribution in [3.05, 3.63) is 66.2 Å². The summed E-state index contributed by atoms with van der Waals surface area (Å²) in [5.74, 6) is 1.41. The summed E-state index contributed by atoms with van der Waals surface area (Å²) in [4.78, 5) is 23.6. The molecule has 0 aliphatic heterocycles. The van der Waals surface area contributed by atoms with Crippen LogP contribution in [0.3, 0.4) is 0 Å². The number of fused-ring (bicyclic) bond motifs is 2. The van der Waals surface area contributed by atoms with Crippen LogP contribution in [0, 0.1) is 0 Å². The van der Waals surface area contributed by atoms with E-state index in [1.165, 1.54) is 18.5 Å². The lowest BCUT2D eigenvalue weighted by molar-refractivity contribution is -0.137. The number of nitrogens with one attached hydrogen (secondary N) is 4. The van der Waals surface area contributed by atoms with Crippen LogP contribution in [-0.4, -0.2) is 29.9 Å². The SMILES string of the molecule is FC(F)(F)c1ccc(Nc2nc(NCc3nc4ccccc4[nH]3)c3[nH]cnc3n2)cc1. The number of rotatable bonds is 5. The smallest absolute Gasteiger partial charge is 0.361 e. The Hall–Kier alpha value is -4.15. The Kier molecular flexibility index (Phi) is 4.42. The Morgan fingerprint density at radius 3 is 2.52 bits per heavy atom. The van der Waals surface area contributed by atoms with E-state index in [-0.39, 0.29) is 5.95 Å². The quantitative estimate of drug-likeness (QED) is 0.328. The number of nitrogens with zero attached hydrogens (tertiary/aromatic N) is 4. The van der Waals surface area contributed by atoms with E-state index >= 15 is 0 Å². The van der Waals surface area contributed by atoms with Crippen molar-refractivity contribution in [1.29, 1.82) is 0 Å². The minimum Gasteiger partial charge on any atom is -0.361 e. The van der Waals surface area contributed by atoms with Crippen molar-refractivity contribution in [2.45, 2.75) is 12.7 Å². The molecule has 0 spiro atoms. The molecule has 11 heteroatoms. The van der Waals surface area contributed by atoms with E-state index in [0.717, 1.165) is 29.0 Å². The largest absolute Gasteiger partial charge is 0.416 e. The Morgan fingerprint density at radius 2 is 1.74 bits per heavy atom. The Bertz CT molecular complexity index is 1320. The molecule has 3 heterocycles. The maximum atomic E-state index is 12.8. The molecule has 0 aliphatic rings. The first-order valence-corrected chi connectivity index (χ1v) is 9.28. The van der Waals surface area contributed by atoms with Gasteiger partial charge in [-0.25, -0.2) is 9.97 Å². The van der Waals surface area contributed by atoms with Gasteiger partial charge in [0.1, 0.15) is 11.3 Å². The predicted molar refractivity (Wildman–Crippen MR) is 110 cm³/mol. The molecular weight excluding hydrogens is 409 g/mol. The molecule has 3 aromatic heterocycles. The van der Waals surface area contributed by atoms with Gasteiger partial charge in [0, 0.05) is 5.69 Å². The molecule has 5 rings (SSSR count). The highest BCUT2D eigenvalue weighted by Crippen LogP contribution is 2.30. The summed E-state index contributed by atoms with van der Waals surface area (Å²) in [5.41, 5.74) is 2.50. The molecule has 0 saturated carbocycles. The van der Waals surface area contributed by atoms with Crippen molar-refractivity contribution in [3.8, 4) is 0 Å². The second-order valence-corrected chi connectivity index (χ2v) is 6.75. The van der Waals surface area contributed by atoms with E-state index in [1.807, 2.05) is 24.3 Å². The summed E-state index contributed by atoms with van der Waals surface area (Å²) in [7, 11) is 0. The van der Waals surface area contributed by atoms with Gasteiger partial charge < -0.3 is 20.6 Å². The van der Waals surface area contributed by atoms with Crippen molar-refractivity contribution in [3.63, 3.8) is 0 Å². The highest BCUT2D eigenvalue weighted by atomic mass is 19.4. The fourth-order valence-corrected chi connectivity index (χ4v) is 3.15. The first-order chi connectivity index (χ1) is 15.0. The van der Waals surface area contributed by atoms with Crippen LogP contribution in [0.4, 0.5) is 30.6 Å². The maximum absolute atomic E-state index is 12.8. The number of hydrogen-bond donors (Lipinski definition) is 4. The maximum Gasteiger partial charge on any atom is 0.416 e. The molecule has 4 N–H and O–H groups in total. The molecule has 156 valence electrons. The summed E-state index contributed by atoms with van der Waals surface area (Å²) in [6, 6.07) is 12.3. The van der Waals surface area contributed by atoms with Crippen LogP contribution in [0.2, 0.25) is 0 Å². The minimum atomic E-state index is -4.39. The van der Waals surface area contributed by atoms with Gasteiger partial charge in [-0.15, -0.1) is 0 Å². The van der Waals surface area contributed by atoms with Gasteiger partial charge in [0.05, 0.1) is 29.5 Å². The zero-order valence-corrected chi connectivity index (χ0v) is 15.8. The third kappa shape index (κ3) is 3.84. The predicted octanol–water partition coefficient (Wildman–Crippen LogP) is 4.60. The van der Waals surface area contributed by atoms with E-state index in [1.54, 1.807) is 0 Å². The van der Waals surface area contributed by atoms with E-state index in [9.17, 15) is 13.2 Å². The zero-order chi connectivity index (χ0) is 21.4. The highest BCUT2D eigenvalue weighted by molar-refractivity contribution is 5.84.